The van der Waals surface area contributed by atoms with Crippen LogP contribution in [0.5, 0.6) is 0 Å². The van der Waals surface area contributed by atoms with E-state index in [-0.39, 0.29) is 26.3 Å². The molecule has 16 heteroatoms. The molecule has 9 nitrogen and oxygen atoms in total. The van der Waals surface area contributed by atoms with E-state index in [1.807, 2.05) is 0 Å². The van der Waals surface area contributed by atoms with Crippen molar-refractivity contribution in [2.45, 2.75) is 19.5 Å². The number of aryl methyl sites for hydroxylation is 2. The van der Waals surface area contributed by atoms with Crippen LogP contribution in [0, 0.1) is 6.92 Å². The SMILES string of the molecule is Cc1c(-c2cc(C(F)F)nc3sc(C(N)=O)c(NC(=O)c4nn(C)c(C(F)(F)F)c4Cl)c23)cnn1C. The molecule has 190 valence electrons. The van der Waals surface area contributed by atoms with Crippen molar-refractivity contribution in [3.63, 3.8) is 0 Å². The van der Waals surface area contributed by atoms with Crippen LogP contribution in [-0.2, 0) is 20.3 Å². The van der Waals surface area contributed by atoms with Gasteiger partial charge in [0.1, 0.15) is 20.4 Å². The van der Waals surface area contributed by atoms with Gasteiger partial charge < -0.3 is 11.1 Å². The van der Waals surface area contributed by atoms with E-state index in [4.69, 9.17) is 17.3 Å². The number of rotatable bonds is 5. The molecule has 3 N–H and O–H groups in total. The third kappa shape index (κ3) is 4.17. The van der Waals surface area contributed by atoms with Crippen LogP contribution < -0.4 is 11.1 Å². The normalized spacial score (nSPS) is 12.1. The molecule has 4 rings (SSSR count). The second-order valence-corrected chi connectivity index (χ2v) is 8.98. The molecule has 0 aliphatic carbocycles. The van der Waals surface area contributed by atoms with Crippen molar-refractivity contribution < 1.29 is 31.5 Å². The third-order valence-electron chi connectivity index (χ3n) is 5.37. The topological polar surface area (TPSA) is 121 Å². The second kappa shape index (κ2) is 8.81. The number of anilines is 1. The van der Waals surface area contributed by atoms with Gasteiger partial charge in [0.2, 0.25) is 0 Å². The molecule has 0 bridgehead atoms. The number of fused-ring (bicyclic) bond motifs is 1. The zero-order valence-corrected chi connectivity index (χ0v) is 20.1. The summed E-state index contributed by atoms with van der Waals surface area (Å²) in [5, 5.41) is 9.11. The number of aromatic nitrogens is 5. The molecule has 0 aromatic carbocycles. The lowest BCUT2D eigenvalue weighted by molar-refractivity contribution is -0.143. The first kappa shape index (κ1) is 25.5. The van der Waals surface area contributed by atoms with Crippen molar-refractivity contribution in [1.29, 1.82) is 0 Å². The van der Waals surface area contributed by atoms with Gasteiger partial charge in [0, 0.05) is 30.7 Å². The van der Waals surface area contributed by atoms with E-state index in [0.29, 0.717) is 27.3 Å². The zero-order chi connectivity index (χ0) is 26.7. The molecule has 0 saturated heterocycles. The lowest BCUT2D eigenvalue weighted by Crippen LogP contribution is -2.17. The Balaban J connectivity index is 1.96. The van der Waals surface area contributed by atoms with Gasteiger partial charge in [-0.1, -0.05) is 11.6 Å². The van der Waals surface area contributed by atoms with Crippen LogP contribution in [0.3, 0.4) is 0 Å². The Morgan fingerprint density at radius 2 is 1.86 bits per heavy atom. The van der Waals surface area contributed by atoms with Crippen LogP contribution in [0.2, 0.25) is 5.02 Å². The fourth-order valence-electron chi connectivity index (χ4n) is 3.62. The van der Waals surface area contributed by atoms with E-state index >= 15 is 0 Å². The van der Waals surface area contributed by atoms with E-state index < -0.39 is 46.5 Å². The lowest BCUT2D eigenvalue weighted by Gasteiger charge is -2.10. The van der Waals surface area contributed by atoms with Gasteiger partial charge in [-0.2, -0.15) is 23.4 Å². The summed E-state index contributed by atoms with van der Waals surface area (Å²) in [6.45, 7) is 1.67. The minimum atomic E-state index is -4.90. The third-order valence-corrected chi connectivity index (χ3v) is 6.82. The number of carbonyl (C=O) groups excluding carboxylic acids is 2. The zero-order valence-electron chi connectivity index (χ0n) is 18.5. The fraction of sp³-hybridized carbons (Fsp3) is 0.250. The van der Waals surface area contributed by atoms with E-state index in [9.17, 15) is 31.5 Å². The minimum absolute atomic E-state index is 0.0572. The molecule has 0 fully saturated rings. The van der Waals surface area contributed by atoms with Crippen LogP contribution in [-0.4, -0.2) is 36.4 Å². The summed E-state index contributed by atoms with van der Waals surface area (Å²) in [5.41, 5.74) is 3.63. The molecule has 0 aliphatic rings. The van der Waals surface area contributed by atoms with Crippen molar-refractivity contribution in [2.24, 2.45) is 19.8 Å². The number of hydrogen-bond acceptors (Lipinski definition) is 6. The van der Waals surface area contributed by atoms with E-state index in [1.54, 1.807) is 14.0 Å². The monoisotopic (exact) mass is 547 g/mol. The van der Waals surface area contributed by atoms with Gasteiger partial charge in [0.25, 0.3) is 18.2 Å². The summed E-state index contributed by atoms with van der Waals surface area (Å²) in [6.07, 6.45) is -6.46. The Morgan fingerprint density at radius 1 is 1.19 bits per heavy atom. The number of carbonyl (C=O) groups is 2. The molecular weight excluding hydrogens is 533 g/mol. The van der Waals surface area contributed by atoms with Crippen molar-refractivity contribution >= 4 is 50.7 Å². The number of pyridine rings is 1. The summed E-state index contributed by atoms with van der Waals surface area (Å²) < 4.78 is 69.1. The number of primary amides is 1. The van der Waals surface area contributed by atoms with E-state index in [2.05, 4.69) is 20.5 Å². The summed E-state index contributed by atoms with van der Waals surface area (Å²) in [4.78, 5) is 28.8. The van der Waals surface area contributed by atoms with Gasteiger partial charge in [0.05, 0.1) is 11.9 Å². The summed E-state index contributed by atoms with van der Waals surface area (Å²) in [5.74, 6) is -2.20. The number of nitrogens with two attached hydrogens (primary N) is 1. The predicted molar refractivity (Wildman–Crippen MR) is 121 cm³/mol. The van der Waals surface area contributed by atoms with Crippen LogP contribution in [0.25, 0.3) is 21.3 Å². The molecule has 0 atom stereocenters. The number of thiophene rings is 1. The largest absolute Gasteiger partial charge is 0.434 e. The molecule has 0 aliphatic heterocycles. The van der Waals surface area contributed by atoms with Gasteiger partial charge in [-0.05, 0) is 18.6 Å². The van der Waals surface area contributed by atoms with Gasteiger partial charge in [-0.15, -0.1) is 11.3 Å². The van der Waals surface area contributed by atoms with Crippen LogP contribution in [0.4, 0.5) is 27.6 Å². The molecule has 4 aromatic heterocycles. The van der Waals surface area contributed by atoms with Crippen LogP contribution in [0.15, 0.2) is 12.3 Å². The van der Waals surface area contributed by atoms with Gasteiger partial charge in [0.15, 0.2) is 11.4 Å². The highest BCUT2D eigenvalue weighted by Crippen LogP contribution is 2.43. The molecular formula is C20H15ClF5N7O2S. The Morgan fingerprint density at radius 3 is 2.36 bits per heavy atom. The molecule has 36 heavy (non-hydrogen) atoms. The number of nitrogens with zero attached hydrogens (tertiary/aromatic N) is 5. The Hall–Kier alpha value is -3.59. The maximum Gasteiger partial charge on any atom is 0.434 e. The first-order chi connectivity index (χ1) is 16.7. The Labute approximate surface area is 207 Å². The van der Waals surface area contributed by atoms with Crippen molar-refractivity contribution in [1.82, 2.24) is 24.5 Å². The van der Waals surface area contributed by atoms with Crippen molar-refractivity contribution in [3.05, 3.63) is 44.9 Å². The smallest absolute Gasteiger partial charge is 0.365 e. The average molecular weight is 548 g/mol. The number of hydrogen-bond donors (Lipinski definition) is 2. The average Bonchev–Trinajstić information content (AvgIpc) is 3.40. The maximum absolute atomic E-state index is 13.6. The molecule has 0 saturated carbocycles. The first-order valence-electron chi connectivity index (χ1n) is 9.87. The maximum atomic E-state index is 13.6. The quantitative estimate of drug-likeness (QED) is 0.351. The predicted octanol–water partition coefficient (Wildman–Crippen LogP) is 4.70. The first-order valence-corrected chi connectivity index (χ1v) is 11.1. The highest BCUT2D eigenvalue weighted by Gasteiger charge is 2.40. The van der Waals surface area contributed by atoms with Crippen molar-refractivity contribution in [3.8, 4) is 11.1 Å². The second-order valence-electron chi connectivity index (χ2n) is 7.60. The molecule has 0 radical (unpaired) electrons. The Bertz CT molecular complexity index is 1540. The molecule has 0 spiro atoms. The van der Waals surface area contributed by atoms with Gasteiger partial charge in [-0.3, -0.25) is 19.0 Å². The highest BCUT2D eigenvalue weighted by molar-refractivity contribution is 7.21. The van der Waals surface area contributed by atoms with Gasteiger partial charge >= 0.3 is 6.18 Å². The minimum Gasteiger partial charge on any atom is -0.365 e. The van der Waals surface area contributed by atoms with E-state index in [1.165, 1.54) is 10.9 Å². The summed E-state index contributed by atoms with van der Waals surface area (Å²) in [6, 6.07) is 1.08. The molecule has 4 aromatic rings. The van der Waals surface area contributed by atoms with Crippen molar-refractivity contribution in [2.75, 3.05) is 5.32 Å². The molecule has 2 amide bonds. The van der Waals surface area contributed by atoms with Crippen LogP contribution in [0.1, 0.15) is 43.7 Å². The lowest BCUT2D eigenvalue weighted by atomic mass is 10.0. The van der Waals surface area contributed by atoms with Crippen LogP contribution >= 0.6 is 22.9 Å². The van der Waals surface area contributed by atoms with E-state index in [0.717, 1.165) is 13.1 Å². The standard InChI is InChI=1S/C20H15ClF5N7O2S/c1-6-8(5-28-32(6)2)7-4-9(16(22)23)29-19-10(7)12(14(36-19)17(27)34)30-18(35)13-11(21)15(20(24,25)26)33(3)31-13/h4-5,16H,1-3H3,(H2,27,34)(H,30,35). The number of nitrogens with one attached hydrogen (secondary N) is 1. The van der Waals surface area contributed by atoms with Gasteiger partial charge in [-0.25, -0.2) is 13.8 Å². The summed E-state index contributed by atoms with van der Waals surface area (Å²) >= 11 is 6.46. The fourth-order valence-corrected chi connectivity index (χ4v) is 4.99. The Kier molecular flexibility index (Phi) is 6.24. The number of alkyl halides is 5. The molecule has 0 unspecified atom stereocenters. The summed E-state index contributed by atoms with van der Waals surface area (Å²) in [7, 11) is 2.58. The molecule has 4 heterocycles. The number of halogens is 6. The number of amides is 2. The highest BCUT2D eigenvalue weighted by atomic mass is 35.5.